The number of rotatable bonds is 10. The van der Waals surface area contributed by atoms with Crippen molar-refractivity contribution in [2.45, 2.75) is 18.9 Å². The summed E-state index contributed by atoms with van der Waals surface area (Å²) in [5.41, 5.74) is 4.62. The van der Waals surface area contributed by atoms with Crippen LogP contribution in [-0.2, 0) is 17.1 Å². The van der Waals surface area contributed by atoms with Gasteiger partial charge in [0.15, 0.2) is 11.5 Å². The summed E-state index contributed by atoms with van der Waals surface area (Å²) in [6, 6.07) is 8.10. The number of likely N-dealkylation sites (N-methyl/N-ethyl adjacent to an activating group) is 1. The summed E-state index contributed by atoms with van der Waals surface area (Å²) in [5.74, 6) is 2.32. The average Bonchev–Trinajstić information content (AvgIpc) is 3.58. The minimum absolute atomic E-state index is 0.303. The van der Waals surface area contributed by atoms with Crippen LogP contribution in [0, 0.1) is 0 Å². The Kier molecular flexibility index (Phi) is 10.4. The number of nitrogens with one attached hydrogen (secondary N) is 2. The third kappa shape index (κ3) is 7.72. The van der Waals surface area contributed by atoms with E-state index in [0.717, 1.165) is 75.2 Å². The number of aromatic nitrogens is 4. The maximum absolute atomic E-state index is 12.6. The number of anilines is 6. The molecule has 0 unspecified atom stereocenters. The normalized spacial score (nSPS) is 17.2. The number of fused-ring (bicyclic) bond motifs is 1. The molecule has 0 saturated carbocycles. The lowest BCUT2D eigenvalue weighted by molar-refractivity contribution is 0.0982. The van der Waals surface area contributed by atoms with Gasteiger partial charge < -0.3 is 34.6 Å². The average molecular weight is 798 g/mol. The fraction of sp³-hybridized carbons (Fsp3) is 0.457. The van der Waals surface area contributed by atoms with Gasteiger partial charge in [0.25, 0.3) is 0 Å². The molecule has 52 heavy (non-hydrogen) atoms. The topological polar surface area (TPSA) is 142 Å². The van der Waals surface area contributed by atoms with Crippen LogP contribution in [0.2, 0.25) is 0 Å². The number of nitrogens with zero attached hydrogens (tertiary/aromatic N) is 8. The number of sulfonamides is 1. The number of methoxy groups -OCH3 is 1. The van der Waals surface area contributed by atoms with Crippen molar-refractivity contribution in [3.05, 3.63) is 47.3 Å². The molecule has 2 fully saturated rings. The Morgan fingerprint density at radius 3 is 2.31 bits per heavy atom. The number of piperidine rings is 1. The van der Waals surface area contributed by atoms with E-state index in [1.807, 2.05) is 19.4 Å². The number of hydrogen-bond acceptors (Lipinski definition) is 13. The van der Waals surface area contributed by atoms with Crippen LogP contribution in [0.1, 0.15) is 12.8 Å². The second-order valence-electron chi connectivity index (χ2n) is 13.4. The molecule has 2 saturated heterocycles. The van der Waals surface area contributed by atoms with E-state index in [-0.39, 0.29) is 0 Å². The molecule has 0 aliphatic carbocycles. The molecule has 2 aromatic carbocycles. The van der Waals surface area contributed by atoms with Crippen molar-refractivity contribution < 1.29 is 22.6 Å². The highest BCUT2D eigenvalue weighted by molar-refractivity contribution is 9.10. The molecule has 0 atom stereocenters. The van der Waals surface area contributed by atoms with Crippen LogP contribution in [-0.4, -0.2) is 124 Å². The van der Waals surface area contributed by atoms with Crippen LogP contribution in [0.3, 0.4) is 0 Å². The SMILES string of the molecule is COc1cc(N2CCC(N3CCN(C)CC3)CC2)c(-c2cnn(C)c2)cc1Nc1ncc(Br)c(Nc2cc3c(cc2N(C)S(C)(=O)=O)OCCO3)n1. The van der Waals surface area contributed by atoms with Crippen molar-refractivity contribution in [1.29, 1.82) is 0 Å². The van der Waals surface area contributed by atoms with Crippen molar-refractivity contribution in [2.75, 3.05) is 99.8 Å². The van der Waals surface area contributed by atoms with Crippen LogP contribution >= 0.6 is 15.9 Å². The molecule has 0 spiro atoms. The number of benzene rings is 2. The number of piperazine rings is 1. The monoisotopic (exact) mass is 796 g/mol. The van der Waals surface area contributed by atoms with E-state index in [4.69, 9.17) is 19.2 Å². The predicted molar refractivity (Wildman–Crippen MR) is 206 cm³/mol. The van der Waals surface area contributed by atoms with Gasteiger partial charge in [-0.05, 0) is 41.9 Å². The number of ether oxygens (including phenoxy) is 3. The highest BCUT2D eigenvalue weighted by Crippen LogP contribution is 2.44. The highest BCUT2D eigenvalue weighted by Gasteiger charge is 2.29. The fourth-order valence-corrected chi connectivity index (χ4v) is 7.73. The van der Waals surface area contributed by atoms with Gasteiger partial charge in [-0.25, -0.2) is 13.4 Å². The maximum Gasteiger partial charge on any atom is 0.232 e. The zero-order chi connectivity index (χ0) is 36.6. The standard InChI is InChI=1S/C35H45BrN10O5S/c1-42-10-12-45(13-11-42)24-6-8-46(9-7-24)29-18-31(49-4)28(16-25(29)23-20-38-43(2)22-23)40-35-37-21-26(36)34(41-35)39-27-17-32-33(51-15-14-50-32)19-30(27)44(3)52(5,47)48/h16-22,24H,6-15H2,1-5H3,(H2,37,39,40,41). The third-order valence-corrected chi connectivity index (χ3v) is 11.7. The Morgan fingerprint density at radius 1 is 0.942 bits per heavy atom. The first-order valence-electron chi connectivity index (χ1n) is 17.3. The third-order valence-electron chi connectivity index (χ3n) is 9.93. The number of halogens is 1. The lowest BCUT2D eigenvalue weighted by atomic mass is 9.98. The number of hydrogen-bond donors (Lipinski definition) is 2. The summed E-state index contributed by atoms with van der Waals surface area (Å²) in [7, 11) is 3.66. The molecule has 2 N–H and O–H groups in total. The van der Waals surface area contributed by atoms with Gasteiger partial charge in [0, 0.05) is 107 Å². The molecular formula is C35H45BrN10O5S. The van der Waals surface area contributed by atoms with E-state index < -0.39 is 10.0 Å². The molecule has 3 aliphatic rings. The van der Waals surface area contributed by atoms with Gasteiger partial charge >= 0.3 is 0 Å². The van der Waals surface area contributed by atoms with Crippen LogP contribution in [0.15, 0.2) is 47.3 Å². The summed E-state index contributed by atoms with van der Waals surface area (Å²) < 4.78 is 46.2. The Labute approximate surface area is 313 Å². The van der Waals surface area contributed by atoms with E-state index in [9.17, 15) is 8.42 Å². The van der Waals surface area contributed by atoms with Gasteiger partial charge in [-0.3, -0.25) is 13.9 Å². The Morgan fingerprint density at radius 2 is 1.65 bits per heavy atom. The van der Waals surface area contributed by atoms with Crippen molar-refractivity contribution in [3.63, 3.8) is 0 Å². The van der Waals surface area contributed by atoms with Crippen molar-refractivity contribution in [1.82, 2.24) is 29.5 Å². The summed E-state index contributed by atoms with van der Waals surface area (Å²) in [5, 5.41) is 11.1. The lowest BCUT2D eigenvalue weighted by Gasteiger charge is -2.43. The zero-order valence-corrected chi connectivity index (χ0v) is 32.5. The predicted octanol–water partition coefficient (Wildman–Crippen LogP) is 4.52. The Bertz CT molecular complexity index is 2030. The molecule has 5 heterocycles. The first kappa shape index (κ1) is 36.1. The van der Waals surface area contributed by atoms with E-state index in [1.54, 1.807) is 30.1 Å². The first-order chi connectivity index (χ1) is 25.0. The molecule has 4 aromatic rings. The second-order valence-corrected chi connectivity index (χ2v) is 16.3. The minimum Gasteiger partial charge on any atom is -0.494 e. The second kappa shape index (κ2) is 15.0. The van der Waals surface area contributed by atoms with Crippen molar-refractivity contribution >= 4 is 60.5 Å². The minimum atomic E-state index is -3.60. The van der Waals surface area contributed by atoms with Gasteiger partial charge in [0.1, 0.15) is 24.8 Å². The Balaban J connectivity index is 1.18. The molecule has 0 bridgehead atoms. The zero-order valence-electron chi connectivity index (χ0n) is 30.1. The van der Waals surface area contributed by atoms with Crippen molar-refractivity contribution in [3.8, 4) is 28.4 Å². The van der Waals surface area contributed by atoms with Gasteiger partial charge in [0.05, 0.1) is 41.1 Å². The van der Waals surface area contributed by atoms with Crippen molar-refractivity contribution in [2.24, 2.45) is 7.05 Å². The quantitative estimate of drug-likeness (QED) is 0.233. The highest BCUT2D eigenvalue weighted by atomic mass is 79.9. The number of aryl methyl sites for hydroxylation is 1. The smallest absolute Gasteiger partial charge is 0.232 e. The molecule has 15 nitrogen and oxygen atoms in total. The van der Waals surface area contributed by atoms with Gasteiger partial charge in [-0.2, -0.15) is 10.1 Å². The van der Waals surface area contributed by atoms with E-state index >= 15 is 0 Å². The van der Waals surface area contributed by atoms with E-state index in [1.165, 1.54) is 11.4 Å². The summed E-state index contributed by atoms with van der Waals surface area (Å²) in [6.07, 6.45) is 8.87. The molecule has 278 valence electrons. The molecule has 0 amide bonds. The van der Waals surface area contributed by atoms with E-state index in [0.29, 0.717) is 69.8 Å². The molecule has 7 rings (SSSR count). The summed E-state index contributed by atoms with van der Waals surface area (Å²) in [6.45, 7) is 7.14. The van der Waals surface area contributed by atoms with Crippen LogP contribution in [0.25, 0.3) is 11.1 Å². The fourth-order valence-electron chi connectivity index (χ4n) is 6.93. The summed E-state index contributed by atoms with van der Waals surface area (Å²) >= 11 is 3.56. The van der Waals surface area contributed by atoms with Gasteiger partial charge in [-0.15, -0.1) is 0 Å². The molecule has 0 radical (unpaired) electrons. The van der Waals surface area contributed by atoms with E-state index in [2.05, 4.69) is 70.5 Å². The van der Waals surface area contributed by atoms with Gasteiger partial charge in [0.2, 0.25) is 16.0 Å². The van der Waals surface area contributed by atoms with Crippen LogP contribution < -0.4 is 34.0 Å². The molecule has 17 heteroatoms. The van der Waals surface area contributed by atoms with Gasteiger partial charge in [-0.1, -0.05) is 0 Å². The molecular weight excluding hydrogens is 752 g/mol. The largest absolute Gasteiger partial charge is 0.494 e. The summed E-state index contributed by atoms with van der Waals surface area (Å²) in [4.78, 5) is 16.8. The lowest BCUT2D eigenvalue weighted by Crippen LogP contribution is -2.52. The van der Waals surface area contributed by atoms with Crippen LogP contribution in [0.4, 0.5) is 34.5 Å². The molecule has 3 aliphatic heterocycles. The first-order valence-corrected chi connectivity index (χ1v) is 19.9. The Hall–Kier alpha value is -4.32. The van der Waals surface area contributed by atoms with Crippen LogP contribution in [0.5, 0.6) is 17.2 Å². The maximum atomic E-state index is 12.6. The molecule has 2 aromatic heterocycles.